The molecule has 6 heteroatoms. The van der Waals surface area contributed by atoms with Crippen LogP contribution in [0.15, 0.2) is 41.3 Å². The topological polar surface area (TPSA) is 86.5 Å². The van der Waals surface area contributed by atoms with E-state index < -0.39 is 15.8 Å². The minimum Gasteiger partial charge on any atom is -0.465 e. The van der Waals surface area contributed by atoms with Crippen molar-refractivity contribution in [2.75, 3.05) is 12.8 Å². The van der Waals surface area contributed by atoms with E-state index in [4.69, 9.17) is 5.73 Å². The fraction of sp³-hybridized carbons (Fsp3) is 0.0833. The number of nitrogen functional groups attached to an aromatic ring is 1. The van der Waals surface area contributed by atoms with Crippen LogP contribution in [-0.2, 0) is 19.4 Å². The standard InChI is InChI=1S/C12H11NO4S/c1-17-12(14)11-7-6-10(18(11,15)16)8-4-2-3-5-9(8)13/h2-7H,13H2,1H3. The second-order valence-corrected chi connectivity index (χ2v) is 5.53. The highest BCUT2D eigenvalue weighted by Crippen LogP contribution is 2.35. The summed E-state index contributed by atoms with van der Waals surface area (Å²) in [4.78, 5) is 11.0. The largest absolute Gasteiger partial charge is 0.465 e. The monoisotopic (exact) mass is 265 g/mol. The van der Waals surface area contributed by atoms with E-state index in [0.717, 1.165) is 7.11 Å². The summed E-state index contributed by atoms with van der Waals surface area (Å²) >= 11 is 0. The number of carbonyl (C=O) groups excluding carboxylic acids is 1. The fourth-order valence-electron chi connectivity index (χ4n) is 1.68. The van der Waals surface area contributed by atoms with Gasteiger partial charge in [-0.25, -0.2) is 13.2 Å². The van der Waals surface area contributed by atoms with Gasteiger partial charge in [0.05, 0.1) is 12.0 Å². The Hall–Kier alpha value is -2.08. The maximum atomic E-state index is 12.2. The van der Waals surface area contributed by atoms with Crippen molar-refractivity contribution >= 4 is 26.4 Å². The fourth-order valence-corrected chi connectivity index (χ4v) is 3.19. The van der Waals surface area contributed by atoms with E-state index in [-0.39, 0.29) is 9.81 Å². The van der Waals surface area contributed by atoms with Crippen molar-refractivity contribution in [2.24, 2.45) is 0 Å². The van der Waals surface area contributed by atoms with Crippen molar-refractivity contribution in [3.8, 4) is 0 Å². The number of para-hydroxylation sites is 1. The van der Waals surface area contributed by atoms with Gasteiger partial charge in [0.25, 0.3) is 0 Å². The zero-order valence-electron chi connectivity index (χ0n) is 9.58. The Bertz CT molecular complexity index is 671. The highest BCUT2D eigenvalue weighted by Gasteiger charge is 2.34. The van der Waals surface area contributed by atoms with Crippen LogP contribution in [0.5, 0.6) is 0 Å². The van der Waals surface area contributed by atoms with Crippen LogP contribution in [0.2, 0.25) is 0 Å². The van der Waals surface area contributed by atoms with Crippen molar-refractivity contribution in [3.63, 3.8) is 0 Å². The number of esters is 1. The lowest BCUT2D eigenvalue weighted by molar-refractivity contribution is -0.135. The molecule has 1 aliphatic heterocycles. The van der Waals surface area contributed by atoms with Crippen LogP contribution in [0, 0.1) is 0 Å². The lowest BCUT2D eigenvalue weighted by atomic mass is 10.1. The minimum atomic E-state index is -3.85. The Morgan fingerprint density at radius 3 is 2.50 bits per heavy atom. The van der Waals surface area contributed by atoms with Crippen molar-refractivity contribution in [1.82, 2.24) is 0 Å². The molecule has 0 bridgehead atoms. The van der Waals surface area contributed by atoms with E-state index in [2.05, 4.69) is 4.74 Å². The first-order valence-electron chi connectivity index (χ1n) is 5.08. The van der Waals surface area contributed by atoms with Gasteiger partial charge in [0.2, 0.25) is 9.84 Å². The average molecular weight is 265 g/mol. The molecule has 0 aromatic heterocycles. The van der Waals surface area contributed by atoms with Crippen LogP contribution in [0.1, 0.15) is 5.56 Å². The second kappa shape index (κ2) is 4.30. The summed E-state index contributed by atoms with van der Waals surface area (Å²) in [5.74, 6) is -0.879. The SMILES string of the molecule is COC(=O)C1=CC=C(c2ccccc2N)S1(=O)=O. The third-order valence-corrected chi connectivity index (χ3v) is 4.39. The summed E-state index contributed by atoms with van der Waals surface area (Å²) < 4.78 is 28.7. The van der Waals surface area contributed by atoms with Gasteiger partial charge in [-0.3, -0.25) is 0 Å². The van der Waals surface area contributed by atoms with Gasteiger partial charge in [0, 0.05) is 11.3 Å². The van der Waals surface area contributed by atoms with Crippen LogP contribution < -0.4 is 5.73 Å². The number of sulfone groups is 1. The molecule has 0 unspecified atom stereocenters. The van der Waals surface area contributed by atoms with Crippen molar-refractivity contribution in [3.05, 3.63) is 46.9 Å². The van der Waals surface area contributed by atoms with Gasteiger partial charge in [-0.15, -0.1) is 0 Å². The molecule has 1 aromatic rings. The number of benzene rings is 1. The normalized spacial score (nSPS) is 16.9. The van der Waals surface area contributed by atoms with E-state index in [0.29, 0.717) is 11.3 Å². The Morgan fingerprint density at radius 1 is 1.22 bits per heavy atom. The Labute approximate surface area is 104 Å². The first-order valence-corrected chi connectivity index (χ1v) is 6.57. The molecule has 2 N–H and O–H groups in total. The molecule has 0 atom stereocenters. The molecule has 1 heterocycles. The number of methoxy groups -OCH3 is 1. The lowest BCUT2D eigenvalue weighted by Gasteiger charge is -2.08. The smallest absolute Gasteiger partial charge is 0.349 e. The third kappa shape index (κ3) is 1.80. The van der Waals surface area contributed by atoms with Gasteiger partial charge in [-0.2, -0.15) is 0 Å². The van der Waals surface area contributed by atoms with Gasteiger partial charge in [0.1, 0.15) is 0 Å². The van der Waals surface area contributed by atoms with Gasteiger partial charge >= 0.3 is 5.97 Å². The van der Waals surface area contributed by atoms with E-state index in [1.54, 1.807) is 24.3 Å². The van der Waals surface area contributed by atoms with Crippen LogP contribution in [0.3, 0.4) is 0 Å². The molecule has 1 aliphatic rings. The van der Waals surface area contributed by atoms with Crippen molar-refractivity contribution < 1.29 is 17.9 Å². The zero-order chi connectivity index (χ0) is 13.3. The number of rotatable bonds is 2. The first kappa shape index (κ1) is 12.4. The van der Waals surface area contributed by atoms with Gasteiger partial charge in [-0.05, 0) is 18.2 Å². The highest BCUT2D eigenvalue weighted by atomic mass is 32.2. The van der Waals surface area contributed by atoms with Crippen LogP contribution in [-0.4, -0.2) is 21.5 Å². The molecule has 94 valence electrons. The summed E-state index contributed by atoms with van der Waals surface area (Å²) in [6.07, 6.45) is 2.58. The highest BCUT2D eigenvalue weighted by molar-refractivity contribution is 8.05. The molecule has 0 aliphatic carbocycles. The average Bonchev–Trinajstić information content (AvgIpc) is 2.64. The van der Waals surface area contributed by atoms with Crippen LogP contribution in [0.4, 0.5) is 5.69 Å². The second-order valence-electron chi connectivity index (χ2n) is 3.64. The van der Waals surface area contributed by atoms with E-state index in [9.17, 15) is 13.2 Å². The number of carbonyl (C=O) groups is 1. The summed E-state index contributed by atoms with van der Waals surface area (Å²) in [7, 11) is -2.71. The third-order valence-electron chi connectivity index (χ3n) is 2.58. The van der Waals surface area contributed by atoms with Crippen molar-refractivity contribution in [2.45, 2.75) is 0 Å². The van der Waals surface area contributed by atoms with E-state index in [1.807, 2.05) is 0 Å². The zero-order valence-corrected chi connectivity index (χ0v) is 10.4. The number of allylic oxidation sites excluding steroid dienone is 2. The van der Waals surface area contributed by atoms with Gasteiger partial charge < -0.3 is 10.5 Å². The minimum absolute atomic E-state index is 0.0148. The molecule has 2 rings (SSSR count). The van der Waals surface area contributed by atoms with Crippen LogP contribution >= 0.6 is 0 Å². The number of hydrogen-bond acceptors (Lipinski definition) is 5. The maximum absolute atomic E-state index is 12.2. The number of hydrogen-bond donors (Lipinski definition) is 1. The molecule has 0 radical (unpaired) electrons. The van der Waals surface area contributed by atoms with Crippen molar-refractivity contribution in [1.29, 1.82) is 0 Å². The molecule has 5 nitrogen and oxygen atoms in total. The molecule has 0 fully saturated rings. The van der Waals surface area contributed by atoms with Gasteiger partial charge in [-0.1, -0.05) is 18.2 Å². The predicted molar refractivity (Wildman–Crippen MR) is 67.9 cm³/mol. The molecule has 0 amide bonds. The molecular weight excluding hydrogens is 254 g/mol. The molecule has 0 spiro atoms. The first-order chi connectivity index (χ1) is 8.48. The summed E-state index contributed by atoms with van der Waals surface area (Å²) in [5, 5.41) is 0. The molecule has 1 aromatic carbocycles. The van der Waals surface area contributed by atoms with Gasteiger partial charge in [0.15, 0.2) is 4.91 Å². The number of nitrogens with two attached hydrogens (primary N) is 1. The quantitative estimate of drug-likeness (QED) is 0.639. The Morgan fingerprint density at radius 2 is 1.89 bits per heavy atom. The predicted octanol–water partition coefficient (Wildman–Crippen LogP) is 1.09. The van der Waals surface area contributed by atoms with Crippen LogP contribution in [0.25, 0.3) is 4.91 Å². The Kier molecular flexibility index (Phi) is 2.96. The molecule has 0 saturated heterocycles. The summed E-state index contributed by atoms with van der Waals surface area (Å²) in [6, 6.07) is 6.57. The van der Waals surface area contributed by atoms with E-state index >= 15 is 0 Å². The lowest BCUT2D eigenvalue weighted by Crippen LogP contribution is -2.13. The molecule has 18 heavy (non-hydrogen) atoms. The number of anilines is 1. The summed E-state index contributed by atoms with van der Waals surface area (Å²) in [6.45, 7) is 0. The van der Waals surface area contributed by atoms with E-state index in [1.165, 1.54) is 12.2 Å². The summed E-state index contributed by atoms with van der Waals surface area (Å²) in [5.41, 5.74) is 6.45. The maximum Gasteiger partial charge on any atom is 0.349 e. The Balaban J connectivity index is 2.49. The molecule has 0 saturated carbocycles. The number of ether oxygens (including phenoxy) is 1. The molecular formula is C12H11NO4S.